The fourth-order valence-corrected chi connectivity index (χ4v) is 5.11. The predicted octanol–water partition coefficient (Wildman–Crippen LogP) is 3.86. The molecule has 0 saturated carbocycles. The van der Waals surface area contributed by atoms with Crippen LogP contribution in [0.3, 0.4) is 0 Å². The highest BCUT2D eigenvalue weighted by molar-refractivity contribution is 7.09. The first-order chi connectivity index (χ1) is 14.2. The largest absolute Gasteiger partial charge is 0.328 e. The Labute approximate surface area is 174 Å². The van der Waals surface area contributed by atoms with Crippen LogP contribution in [-0.2, 0) is 13.1 Å². The number of rotatable bonds is 3. The fraction of sp³-hybridized carbons (Fsp3) is 0.409. The zero-order valence-corrected chi connectivity index (χ0v) is 17.4. The van der Waals surface area contributed by atoms with Gasteiger partial charge in [0.2, 0.25) is 0 Å². The number of hydrogen-bond acceptors (Lipinski definition) is 4. The Kier molecular flexibility index (Phi) is 4.83. The van der Waals surface area contributed by atoms with E-state index in [9.17, 15) is 4.79 Å². The Morgan fingerprint density at radius 1 is 1.21 bits per heavy atom. The molecule has 2 aliphatic rings. The number of nitrogens with zero attached hydrogens (tertiary/aromatic N) is 5. The van der Waals surface area contributed by atoms with Gasteiger partial charge in [0.05, 0.1) is 23.2 Å². The summed E-state index contributed by atoms with van der Waals surface area (Å²) in [6.07, 6.45) is 6.10. The maximum atomic E-state index is 13.1. The highest BCUT2D eigenvalue weighted by Crippen LogP contribution is 2.33. The zero-order valence-electron chi connectivity index (χ0n) is 16.6. The minimum absolute atomic E-state index is 0.0706. The number of amides is 2. The standard InChI is InChI=1S/C22H25N5OS/c1-16-24-18(15-29-16)13-26-11-8-23-21(26)20-14-27(22(28)25-9-4-5-10-25)12-17-6-2-3-7-19(17)20/h2-3,6-8,11,15,20H,4-5,9-10,12-14H2,1H3. The van der Waals surface area contributed by atoms with Gasteiger partial charge in [-0.2, -0.15) is 0 Å². The SMILES string of the molecule is Cc1nc(Cn2ccnc2C2CN(C(=O)N3CCCC3)Cc3ccccc32)cs1. The lowest BCUT2D eigenvalue weighted by atomic mass is 9.89. The summed E-state index contributed by atoms with van der Waals surface area (Å²) in [5, 5.41) is 3.18. The van der Waals surface area contributed by atoms with Gasteiger partial charge in [0.1, 0.15) is 5.82 Å². The fourth-order valence-electron chi connectivity index (χ4n) is 4.50. The number of thiazole rings is 1. The Morgan fingerprint density at radius 2 is 2.03 bits per heavy atom. The zero-order chi connectivity index (χ0) is 19.8. The van der Waals surface area contributed by atoms with E-state index in [1.54, 1.807) is 11.3 Å². The molecule has 4 heterocycles. The van der Waals surface area contributed by atoms with Gasteiger partial charge in [-0.1, -0.05) is 24.3 Å². The third-order valence-corrected chi connectivity index (χ3v) is 6.72. The smallest absolute Gasteiger partial charge is 0.320 e. The van der Waals surface area contributed by atoms with Crippen molar-refractivity contribution in [1.82, 2.24) is 24.3 Å². The second-order valence-corrected chi connectivity index (χ2v) is 8.94. The third-order valence-electron chi connectivity index (χ3n) is 5.90. The lowest BCUT2D eigenvalue weighted by Gasteiger charge is -2.36. The normalized spacial score (nSPS) is 18.9. The number of urea groups is 1. The first kappa shape index (κ1) is 18.4. The lowest BCUT2D eigenvalue weighted by molar-refractivity contribution is 0.153. The molecule has 6 nitrogen and oxygen atoms in total. The van der Waals surface area contributed by atoms with Crippen molar-refractivity contribution in [3.8, 4) is 0 Å². The van der Waals surface area contributed by atoms with Crippen LogP contribution in [0.25, 0.3) is 0 Å². The first-order valence-corrected chi connectivity index (χ1v) is 11.1. The molecule has 5 rings (SSSR count). The van der Waals surface area contributed by atoms with E-state index in [-0.39, 0.29) is 11.9 Å². The number of carbonyl (C=O) groups excluding carboxylic acids is 1. The molecule has 2 aliphatic heterocycles. The van der Waals surface area contributed by atoms with Gasteiger partial charge in [0.15, 0.2) is 0 Å². The van der Waals surface area contributed by atoms with E-state index in [0.717, 1.165) is 42.5 Å². The highest BCUT2D eigenvalue weighted by Gasteiger charge is 2.34. The number of fused-ring (bicyclic) bond motifs is 1. The highest BCUT2D eigenvalue weighted by atomic mass is 32.1. The summed E-state index contributed by atoms with van der Waals surface area (Å²) in [5.74, 6) is 1.07. The van der Waals surface area contributed by atoms with Crippen molar-refractivity contribution in [3.05, 3.63) is 69.7 Å². The monoisotopic (exact) mass is 407 g/mol. The number of hydrogen-bond donors (Lipinski definition) is 0. The third kappa shape index (κ3) is 3.55. The Hall–Kier alpha value is -2.67. The van der Waals surface area contributed by atoms with Crippen LogP contribution in [-0.4, -0.2) is 50.0 Å². The van der Waals surface area contributed by atoms with Crippen molar-refractivity contribution in [2.45, 2.75) is 38.8 Å². The number of aryl methyl sites for hydroxylation is 1. The number of carbonyl (C=O) groups is 1. The first-order valence-electron chi connectivity index (χ1n) is 10.2. The van der Waals surface area contributed by atoms with E-state index < -0.39 is 0 Å². The van der Waals surface area contributed by atoms with E-state index in [1.807, 2.05) is 29.1 Å². The van der Waals surface area contributed by atoms with E-state index in [0.29, 0.717) is 19.6 Å². The van der Waals surface area contributed by atoms with Crippen LogP contribution in [0, 0.1) is 6.92 Å². The molecule has 7 heteroatoms. The van der Waals surface area contributed by atoms with Gasteiger partial charge in [-0.3, -0.25) is 0 Å². The van der Waals surface area contributed by atoms with Gasteiger partial charge in [-0.05, 0) is 30.9 Å². The van der Waals surface area contributed by atoms with Crippen molar-refractivity contribution in [1.29, 1.82) is 0 Å². The predicted molar refractivity (Wildman–Crippen MR) is 113 cm³/mol. The van der Waals surface area contributed by atoms with Crippen molar-refractivity contribution < 1.29 is 4.79 Å². The van der Waals surface area contributed by atoms with Crippen molar-refractivity contribution in [3.63, 3.8) is 0 Å². The Bertz CT molecular complexity index is 1020. The number of imidazole rings is 1. The molecule has 1 fully saturated rings. The molecular weight excluding hydrogens is 382 g/mol. The summed E-state index contributed by atoms with van der Waals surface area (Å²) < 4.78 is 2.18. The summed E-state index contributed by atoms with van der Waals surface area (Å²) >= 11 is 1.67. The molecule has 3 aromatic rings. The van der Waals surface area contributed by atoms with Gasteiger partial charge in [0, 0.05) is 44.0 Å². The second-order valence-electron chi connectivity index (χ2n) is 7.88. The van der Waals surface area contributed by atoms with Gasteiger partial charge in [0.25, 0.3) is 0 Å². The topological polar surface area (TPSA) is 54.3 Å². The second kappa shape index (κ2) is 7.63. The molecule has 29 heavy (non-hydrogen) atoms. The van der Waals surface area contributed by atoms with E-state index in [2.05, 4.69) is 39.2 Å². The Balaban J connectivity index is 1.47. The molecule has 2 amide bonds. The molecular formula is C22H25N5OS. The molecule has 150 valence electrons. The summed E-state index contributed by atoms with van der Waals surface area (Å²) in [6.45, 7) is 5.83. The molecule has 0 bridgehead atoms. The van der Waals surface area contributed by atoms with E-state index in [1.165, 1.54) is 11.1 Å². The molecule has 0 N–H and O–H groups in total. The summed E-state index contributed by atoms with van der Waals surface area (Å²) in [6, 6.07) is 8.63. The number of aromatic nitrogens is 3. The summed E-state index contributed by atoms with van der Waals surface area (Å²) in [7, 11) is 0. The maximum absolute atomic E-state index is 13.1. The van der Waals surface area contributed by atoms with E-state index >= 15 is 0 Å². The van der Waals surface area contributed by atoms with Gasteiger partial charge in [-0.15, -0.1) is 11.3 Å². The minimum Gasteiger partial charge on any atom is -0.328 e. The molecule has 0 radical (unpaired) electrons. The quantitative estimate of drug-likeness (QED) is 0.662. The van der Waals surface area contributed by atoms with Crippen LogP contribution in [0.1, 0.15) is 46.4 Å². The van der Waals surface area contributed by atoms with Crippen LogP contribution in [0.5, 0.6) is 0 Å². The molecule has 1 unspecified atom stereocenters. The number of benzene rings is 1. The van der Waals surface area contributed by atoms with Gasteiger partial charge >= 0.3 is 6.03 Å². The van der Waals surface area contributed by atoms with Gasteiger partial charge < -0.3 is 14.4 Å². The lowest BCUT2D eigenvalue weighted by Crippen LogP contribution is -2.45. The van der Waals surface area contributed by atoms with Crippen LogP contribution >= 0.6 is 11.3 Å². The van der Waals surface area contributed by atoms with Crippen LogP contribution in [0.4, 0.5) is 4.79 Å². The summed E-state index contributed by atoms with van der Waals surface area (Å²) in [4.78, 5) is 26.5. The average molecular weight is 408 g/mol. The van der Waals surface area contributed by atoms with E-state index in [4.69, 9.17) is 4.98 Å². The molecule has 1 aromatic carbocycles. The number of likely N-dealkylation sites (tertiary alicyclic amines) is 1. The van der Waals surface area contributed by atoms with Crippen molar-refractivity contribution in [2.24, 2.45) is 0 Å². The van der Waals surface area contributed by atoms with Crippen LogP contribution in [0.2, 0.25) is 0 Å². The summed E-state index contributed by atoms with van der Waals surface area (Å²) in [5.41, 5.74) is 3.55. The van der Waals surface area contributed by atoms with Crippen LogP contribution in [0.15, 0.2) is 42.0 Å². The van der Waals surface area contributed by atoms with Crippen molar-refractivity contribution in [2.75, 3.05) is 19.6 Å². The average Bonchev–Trinajstić information content (AvgIpc) is 3.49. The maximum Gasteiger partial charge on any atom is 0.320 e. The Morgan fingerprint density at radius 3 is 2.83 bits per heavy atom. The van der Waals surface area contributed by atoms with Crippen LogP contribution < -0.4 is 0 Å². The molecule has 1 atom stereocenters. The van der Waals surface area contributed by atoms with Gasteiger partial charge in [-0.25, -0.2) is 14.8 Å². The molecule has 2 aromatic heterocycles. The van der Waals surface area contributed by atoms with Crippen molar-refractivity contribution >= 4 is 17.4 Å². The molecule has 0 spiro atoms. The molecule has 0 aliphatic carbocycles. The minimum atomic E-state index is 0.0706. The molecule has 1 saturated heterocycles.